The number of ether oxygens (including phenoxy) is 3. The lowest BCUT2D eigenvalue weighted by molar-refractivity contribution is 0.242. The van der Waals surface area contributed by atoms with Crippen LogP contribution in [0.3, 0.4) is 0 Å². The van der Waals surface area contributed by atoms with Crippen molar-refractivity contribution in [2.75, 3.05) is 13.2 Å². The maximum atomic E-state index is 12.9. The molecule has 202 valence electrons. The molecule has 0 atom stereocenters. The molecule has 5 nitrogen and oxygen atoms in total. The van der Waals surface area contributed by atoms with Crippen molar-refractivity contribution in [1.29, 1.82) is 0 Å². The van der Waals surface area contributed by atoms with Crippen LogP contribution < -0.4 is 19.8 Å². The monoisotopic (exact) mass is 508 g/mol. The average molecular weight is 509 g/mol. The smallest absolute Gasteiger partial charge is 0.383 e. The second kappa shape index (κ2) is 15.1. The molecule has 0 N–H and O–H groups in total. The normalized spacial score (nSPS) is 12.0. The summed E-state index contributed by atoms with van der Waals surface area (Å²) in [6, 6.07) is 5.43. The zero-order valence-electron chi connectivity index (χ0n) is 23.9. The third-order valence-corrected chi connectivity index (χ3v) is 5.67. The highest BCUT2D eigenvalue weighted by molar-refractivity contribution is 5.86. The molecule has 1 aromatic heterocycles. The first-order valence-electron chi connectivity index (χ1n) is 13.2. The Balaban J connectivity index is 2.30. The molecule has 0 unspecified atom stereocenters. The minimum atomic E-state index is -0.566. The molecule has 5 heteroatoms. The maximum Gasteiger partial charge on any atom is 0.383 e. The van der Waals surface area contributed by atoms with Crippen molar-refractivity contribution in [3.05, 3.63) is 75.2 Å². The molecular formula is C32H44O5. The average Bonchev–Trinajstić information content (AvgIpc) is 2.79. The van der Waals surface area contributed by atoms with Gasteiger partial charge in [0.1, 0.15) is 24.5 Å². The summed E-state index contributed by atoms with van der Waals surface area (Å²) in [5, 5.41) is 0.672. The molecule has 1 heterocycles. The molecule has 0 aliphatic heterocycles. The summed E-state index contributed by atoms with van der Waals surface area (Å²) >= 11 is 0. The van der Waals surface area contributed by atoms with E-state index in [4.69, 9.17) is 18.6 Å². The summed E-state index contributed by atoms with van der Waals surface area (Å²) in [4.78, 5) is 12.9. The molecule has 2 rings (SSSR count). The van der Waals surface area contributed by atoms with Gasteiger partial charge in [0.25, 0.3) is 0 Å². The summed E-state index contributed by atoms with van der Waals surface area (Å²) < 4.78 is 23.5. The van der Waals surface area contributed by atoms with Crippen LogP contribution >= 0.6 is 0 Å². The van der Waals surface area contributed by atoms with E-state index in [1.54, 1.807) is 6.07 Å². The fourth-order valence-electron chi connectivity index (χ4n) is 3.66. The molecule has 0 saturated heterocycles. The highest BCUT2D eigenvalue weighted by Gasteiger charge is 2.18. The molecular weight excluding hydrogens is 464 g/mol. The molecule has 37 heavy (non-hydrogen) atoms. The van der Waals surface area contributed by atoms with E-state index in [1.165, 1.54) is 22.3 Å². The van der Waals surface area contributed by atoms with Gasteiger partial charge in [-0.1, -0.05) is 34.4 Å². The van der Waals surface area contributed by atoms with Gasteiger partial charge in [0, 0.05) is 6.07 Å². The third kappa shape index (κ3) is 10.7. The summed E-state index contributed by atoms with van der Waals surface area (Å²) in [6.45, 7) is 17.1. The van der Waals surface area contributed by atoms with Gasteiger partial charge >= 0.3 is 5.63 Å². The molecule has 0 amide bonds. The van der Waals surface area contributed by atoms with Crippen LogP contribution in [0.25, 0.3) is 11.0 Å². The van der Waals surface area contributed by atoms with E-state index in [0.717, 1.165) is 25.7 Å². The van der Waals surface area contributed by atoms with Gasteiger partial charge in [-0.3, -0.25) is 0 Å². The Kier molecular flexibility index (Phi) is 12.3. The zero-order valence-corrected chi connectivity index (χ0v) is 23.9. The lowest BCUT2D eigenvalue weighted by Gasteiger charge is -2.14. The van der Waals surface area contributed by atoms with Gasteiger partial charge in [0.2, 0.25) is 5.75 Å². The van der Waals surface area contributed by atoms with Crippen molar-refractivity contribution in [1.82, 2.24) is 0 Å². The van der Waals surface area contributed by atoms with E-state index in [1.807, 2.05) is 38.1 Å². The van der Waals surface area contributed by atoms with E-state index in [-0.39, 0.29) is 18.5 Å². The molecule has 0 saturated carbocycles. The second-order valence-electron chi connectivity index (χ2n) is 10.2. The minimum absolute atomic E-state index is 0.00807. The predicted molar refractivity (Wildman–Crippen MR) is 154 cm³/mol. The minimum Gasteiger partial charge on any atom is -0.491 e. The Morgan fingerprint density at radius 3 is 1.86 bits per heavy atom. The van der Waals surface area contributed by atoms with Crippen LogP contribution in [0.5, 0.6) is 17.2 Å². The summed E-state index contributed by atoms with van der Waals surface area (Å²) in [7, 11) is 0. The Hall–Kier alpha value is -3.21. The van der Waals surface area contributed by atoms with Crippen LogP contribution in [0.2, 0.25) is 0 Å². The van der Waals surface area contributed by atoms with Crippen LogP contribution in [0.1, 0.15) is 81.1 Å². The van der Waals surface area contributed by atoms with E-state index >= 15 is 0 Å². The standard InChI is InChI=1S/C32H44O5/c1-22(2)11-9-13-25(7)17-19-34-30-28-16-15-27(36-24(5)6)21-29(28)37-32(33)31(30)35-20-18-26(8)14-10-12-23(3)4/h11-12,15-18,21,24H,9-10,13-14,19-20H2,1-8H3/b25-17+,26-18+. The van der Waals surface area contributed by atoms with Crippen molar-refractivity contribution >= 4 is 11.0 Å². The quantitative estimate of drug-likeness (QED) is 0.189. The Morgan fingerprint density at radius 2 is 1.35 bits per heavy atom. The number of rotatable bonds is 14. The molecule has 0 aliphatic carbocycles. The van der Waals surface area contributed by atoms with E-state index in [0.29, 0.717) is 29.1 Å². The molecule has 1 aromatic carbocycles. The highest BCUT2D eigenvalue weighted by atomic mass is 16.5. The lowest BCUT2D eigenvalue weighted by Crippen LogP contribution is -2.11. The number of hydrogen-bond donors (Lipinski definition) is 0. The van der Waals surface area contributed by atoms with Gasteiger partial charge in [-0.2, -0.15) is 0 Å². The molecule has 0 aliphatic rings. The zero-order chi connectivity index (χ0) is 27.4. The first-order chi connectivity index (χ1) is 17.6. The van der Waals surface area contributed by atoms with Crippen LogP contribution in [0.4, 0.5) is 0 Å². The second-order valence-corrected chi connectivity index (χ2v) is 10.2. The van der Waals surface area contributed by atoms with Gasteiger partial charge in [-0.05, 0) is 105 Å². The number of benzene rings is 1. The van der Waals surface area contributed by atoms with Crippen molar-refractivity contribution in [2.45, 2.75) is 87.2 Å². The summed E-state index contributed by atoms with van der Waals surface area (Å²) in [6.07, 6.45) is 12.4. The van der Waals surface area contributed by atoms with Gasteiger partial charge < -0.3 is 18.6 Å². The van der Waals surface area contributed by atoms with Crippen LogP contribution in [-0.4, -0.2) is 19.3 Å². The van der Waals surface area contributed by atoms with Gasteiger partial charge in [-0.25, -0.2) is 4.79 Å². The Bertz CT molecular complexity index is 1200. The van der Waals surface area contributed by atoms with Crippen molar-refractivity contribution in [3.63, 3.8) is 0 Å². The highest BCUT2D eigenvalue weighted by Crippen LogP contribution is 2.35. The summed E-state index contributed by atoms with van der Waals surface area (Å²) in [5.74, 6) is 1.12. The van der Waals surface area contributed by atoms with Crippen LogP contribution in [0, 0.1) is 0 Å². The Labute approximate surface area is 222 Å². The fraction of sp³-hybridized carbons (Fsp3) is 0.469. The SMILES string of the molecule is CC(C)=CCC/C(C)=C/COc1c(OC/C=C(\C)CCC=C(C)C)c2ccc(OC(C)C)cc2oc1=O. The van der Waals surface area contributed by atoms with Gasteiger partial charge in [0.05, 0.1) is 11.5 Å². The topological polar surface area (TPSA) is 57.9 Å². The van der Waals surface area contributed by atoms with Crippen LogP contribution in [-0.2, 0) is 0 Å². The third-order valence-electron chi connectivity index (χ3n) is 5.67. The maximum absolute atomic E-state index is 12.9. The van der Waals surface area contributed by atoms with Crippen molar-refractivity contribution < 1.29 is 18.6 Å². The number of allylic oxidation sites excluding steroid dienone is 6. The van der Waals surface area contributed by atoms with E-state index in [9.17, 15) is 4.79 Å². The number of hydrogen-bond acceptors (Lipinski definition) is 5. The molecule has 0 fully saturated rings. The first-order valence-corrected chi connectivity index (χ1v) is 13.2. The van der Waals surface area contributed by atoms with Crippen LogP contribution in [0.15, 0.2) is 74.0 Å². The largest absolute Gasteiger partial charge is 0.491 e. The Morgan fingerprint density at radius 1 is 0.811 bits per heavy atom. The van der Waals surface area contributed by atoms with Gasteiger partial charge in [0.15, 0.2) is 5.75 Å². The molecule has 0 bridgehead atoms. The summed E-state index contributed by atoms with van der Waals surface area (Å²) in [5.41, 5.74) is 4.90. The number of fused-ring (bicyclic) bond motifs is 1. The fourth-order valence-corrected chi connectivity index (χ4v) is 3.66. The molecule has 2 aromatic rings. The van der Waals surface area contributed by atoms with Gasteiger partial charge in [-0.15, -0.1) is 0 Å². The first kappa shape index (κ1) is 30.0. The van der Waals surface area contributed by atoms with Crippen molar-refractivity contribution in [3.8, 4) is 17.2 Å². The predicted octanol–water partition coefficient (Wildman–Crippen LogP) is 8.72. The lowest BCUT2D eigenvalue weighted by atomic mass is 10.1. The van der Waals surface area contributed by atoms with E-state index in [2.05, 4.69) is 53.7 Å². The molecule has 0 spiro atoms. The van der Waals surface area contributed by atoms with E-state index < -0.39 is 5.63 Å². The molecule has 0 radical (unpaired) electrons. The van der Waals surface area contributed by atoms with Crippen molar-refractivity contribution in [2.24, 2.45) is 0 Å².